The first-order valence-corrected chi connectivity index (χ1v) is 6.64. The number of hydrogen-bond acceptors (Lipinski definition) is 5. The van der Waals surface area contributed by atoms with E-state index in [1.807, 2.05) is 6.92 Å². The number of hydrogen-bond donors (Lipinski definition) is 2. The van der Waals surface area contributed by atoms with Gasteiger partial charge in [0.25, 0.3) is 0 Å². The summed E-state index contributed by atoms with van der Waals surface area (Å²) in [7, 11) is 0. The zero-order valence-electron chi connectivity index (χ0n) is 9.88. The highest BCUT2D eigenvalue weighted by Gasteiger charge is 2.36. The van der Waals surface area contributed by atoms with E-state index in [1.54, 1.807) is 0 Å². The fourth-order valence-electron chi connectivity index (χ4n) is 2.07. The van der Waals surface area contributed by atoms with Gasteiger partial charge in [0.05, 0.1) is 6.61 Å². The Morgan fingerprint density at radius 2 is 2.25 bits per heavy atom. The van der Waals surface area contributed by atoms with Gasteiger partial charge in [0.2, 0.25) is 0 Å². The normalized spacial score (nSPS) is 17.9. The molecular formula is C11H19N3OS. The first-order chi connectivity index (χ1) is 7.71. The molecule has 1 aliphatic carbocycles. The molecule has 1 aliphatic rings. The number of nitrogens with one attached hydrogen (secondary N) is 1. The second-order valence-electron chi connectivity index (χ2n) is 4.27. The highest BCUT2D eigenvalue weighted by atomic mass is 32.1. The molecule has 1 aromatic rings. The van der Waals surface area contributed by atoms with Crippen molar-refractivity contribution in [2.45, 2.75) is 45.1 Å². The molecule has 1 fully saturated rings. The van der Waals surface area contributed by atoms with Crippen LogP contribution in [0.15, 0.2) is 0 Å². The average molecular weight is 241 g/mol. The van der Waals surface area contributed by atoms with Crippen LogP contribution in [-0.4, -0.2) is 16.5 Å². The van der Waals surface area contributed by atoms with Gasteiger partial charge in [-0.1, -0.05) is 6.92 Å². The van der Waals surface area contributed by atoms with Crippen LogP contribution in [0, 0.1) is 0 Å². The molecule has 0 aliphatic heterocycles. The van der Waals surface area contributed by atoms with Crippen LogP contribution < -0.4 is 15.8 Å². The van der Waals surface area contributed by atoms with E-state index in [-0.39, 0.29) is 5.54 Å². The fraction of sp³-hybridized carbons (Fsp3) is 0.727. The number of nitrogen functional groups attached to an aromatic ring is 1. The molecule has 5 heteroatoms. The van der Waals surface area contributed by atoms with Crippen LogP contribution in [0.2, 0.25) is 0 Å². The first kappa shape index (κ1) is 11.5. The maximum atomic E-state index is 5.78. The van der Waals surface area contributed by atoms with Crippen LogP contribution in [0.25, 0.3) is 0 Å². The van der Waals surface area contributed by atoms with E-state index in [0.29, 0.717) is 12.4 Å². The van der Waals surface area contributed by atoms with E-state index in [9.17, 15) is 0 Å². The summed E-state index contributed by atoms with van der Waals surface area (Å²) in [5.41, 5.74) is 6.04. The van der Waals surface area contributed by atoms with Crippen molar-refractivity contribution < 1.29 is 4.74 Å². The van der Waals surface area contributed by atoms with Crippen molar-refractivity contribution in [3.05, 3.63) is 0 Å². The van der Waals surface area contributed by atoms with Gasteiger partial charge in [-0.05, 0) is 44.1 Å². The monoisotopic (exact) mass is 241 g/mol. The van der Waals surface area contributed by atoms with E-state index in [2.05, 4.69) is 16.6 Å². The van der Waals surface area contributed by atoms with Crippen LogP contribution in [0.5, 0.6) is 5.75 Å². The van der Waals surface area contributed by atoms with E-state index >= 15 is 0 Å². The molecule has 0 spiro atoms. The quantitative estimate of drug-likeness (QED) is 0.832. The molecule has 0 atom stereocenters. The Morgan fingerprint density at radius 1 is 1.50 bits per heavy atom. The molecule has 0 aromatic carbocycles. The SMILES string of the molecule is CCOc1c(N)nsc1NC1(CC)CCC1. The van der Waals surface area contributed by atoms with Gasteiger partial charge in [-0.25, -0.2) is 0 Å². The molecule has 4 nitrogen and oxygen atoms in total. The summed E-state index contributed by atoms with van der Waals surface area (Å²) >= 11 is 1.40. The molecule has 3 N–H and O–H groups in total. The molecule has 0 unspecified atom stereocenters. The third-order valence-electron chi connectivity index (χ3n) is 3.33. The van der Waals surface area contributed by atoms with Gasteiger partial charge in [0, 0.05) is 5.54 Å². The third-order valence-corrected chi connectivity index (χ3v) is 4.09. The smallest absolute Gasteiger partial charge is 0.197 e. The fourth-order valence-corrected chi connectivity index (χ4v) is 2.85. The van der Waals surface area contributed by atoms with Crippen LogP contribution >= 0.6 is 11.5 Å². The van der Waals surface area contributed by atoms with Crippen molar-refractivity contribution in [3.63, 3.8) is 0 Å². The van der Waals surface area contributed by atoms with Gasteiger partial charge in [-0.2, -0.15) is 4.37 Å². The van der Waals surface area contributed by atoms with Gasteiger partial charge >= 0.3 is 0 Å². The lowest BCUT2D eigenvalue weighted by molar-refractivity contribution is 0.268. The Hall–Kier alpha value is -0.970. The van der Waals surface area contributed by atoms with Crippen molar-refractivity contribution >= 4 is 22.4 Å². The second kappa shape index (κ2) is 4.49. The van der Waals surface area contributed by atoms with Crippen molar-refractivity contribution in [1.29, 1.82) is 0 Å². The Bertz CT molecular complexity index is 355. The number of rotatable bonds is 5. The maximum absolute atomic E-state index is 5.78. The summed E-state index contributed by atoms with van der Waals surface area (Å²) in [6, 6.07) is 0. The van der Waals surface area contributed by atoms with Crippen molar-refractivity contribution in [1.82, 2.24) is 4.37 Å². The predicted molar refractivity (Wildman–Crippen MR) is 68.2 cm³/mol. The summed E-state index contributed by atoms with van der Waals surface area (Å²) in [4.78, 5) is 0. The zero-order chi connectivity index (χ0) is 11.6. The molecule has 1 heterocycles. The number of nitrogens with two attached hydrogens (primary N) is 1. The summed E-state index contributed by atoms with van der Waals surface area (Å²) in [5, 5.41) is 4.55. The first-order valence-electron chi connectivity index (χ1n) is 5.87. The Balaban J connectivity index is 2.14. The average Bonchev–Trinajstić information content (AvgIpc) is 2.56. The minimum Gasteiger partial charge on any atom is -0.487 e. The van der Waals surface area contributed by atoms with Crippen molar-refractivity contribution in [3.8, 4) is 5.75 Å². The van der Waals surface area contributed by atoms with Gasteiger partial charge in [0.1, 0.15) is 0 Å². The number of nitrogens with zero attached hydrogens (tertiary/aromatic N) is 1. The van der Waals surface area contributed by atoms with Crippen LogP contribution in [0.1, 0.15) is 39.5 Å². The molecule has 16 heavy (non-hydrogen) atoms. The molecule has 1 saturated carbocycles. The van der Waals surface area contributed by atoms with Gasteiger partial charge in [-0.3, -0.25) is 0 Å². The molecule has 0 bridgehead atoms. The molecule has 0 saturated heterocycles. The summed E-state index contributed by atoms with van der Waals surface area (Å²) in [5.74, 6) is 1.23. The van der Waals surface area contributed by atoms with Crippen molar-refractivity contribution in [2.24, 2.45) is 0 Å². The van der Waals surface area contributed by atoms with E-state index in [1.165, 1.54) is 30.8 Å². The van der Waals surface area contributed by atoms with Gasteiger partial charge in [0.15, 0.2) is 16.6 Å². The molecular weight excluding hydrogens is 222 g/mol. The van der Waals surface area contributed by atoms with Crippen LogP contribution in [0.4, 0.5) is 10.8 Å². The Kier molecular flexibility index (Phi) is 3.23. The molecule has 2 rings (SSSR count). The standard InChI is InChI=1S/C11H19N3OS/c1-3-11(6-5-7-11)13-10-8(15-4-2)9(12)14-16-10/h13H,3-7H2,1-2H3,(H2,12,14). The van der Waals surface area contributed by atoms with Crippen molar-refractivity contribution in [2.75, 3.05) is 17.7 Å². The number of anilines is 2. The van der Waals surface area contributed by atoms with E-state index in [4.69, 9.17) is 10.5 Å². The summed E-state index contributed by atoms with van der Waals surface area (Å²) in [6.45, 7) is 4.80. The zero-order valence-corrected chi connectivity index (χ0v) is 10.7. The molecule has 1 aromatic heterocycles. The predicted octanol–water partition coefficient (Wildman–Crippen LogP) is 2.87. The number of aromatic nitrogens is 1. The second-order valence-corrected chi connectivity index (χ2v) is 5.04. The van der Waals surface area contributed by atoms with Gasteiger partial charge < -0.3 is 15.8 Å². The molecule has 90 valence electrons. The Labute approximate surface area is 100 Å². The minimum absolute atomic E-state index is 0.255. The minimum atomic E-state index is 0.255. The summed E-state index contributed by atoms with van der Waals surface area (Å²) in [6.07, 6.45) is 4.90. The largest absolute Gasteiger partial charge is 0.487 e. The maximum Gasteiger partial charge on any atom is 0.197 e. The summed E-state index contributed by atoms with van der Waals surface area (Å²) < 4.78 is 9.67. The lowest BCUT2D eigenvalue weighted by Gasteiger charge is -2.42. The topological polar surface area (TPSA) is 60.2 Å². The molecule has 0 amide bonds. The van der Waals surface area contributed by atoms with Crippen LogP contribution in [0.3, 0.4) is 0 Å². The van der Waals surface area contributed by atoms with Crippen LogP contribution in [-0.2, 0) is 0 Å². The lowest BCUT2D eigenvalue weighted by Crippen LogP contribution is -2.44. The van der Waals surface area contributed by atoms with E-state index < -0.39 is 0 Å². The Morgan fingerprint density at radius 3 is 2.75 bits per heavy atom. The number of ether oxygens (including phenoxy) is 1. The van der Waals surface area contributed by atoms with E-state index in [0.717, 1.165) is 17.2 Å². The third kappa shape index (κ3) is 1.96. The lowest BCUT2D eigenvalue weighted by atomic mass is 9.75. The highest BCUT2D eigenvalue weighted by Crippen LogP contribution is 2.43. The highest BCUT2D eigenvalue weighted by molar-refractivity contribution is 7.11. The van der Waals surface area contributed by atoms with Gasteiger partial charge in [-0.15, -0.1) is 0 Å². The molecule has 0 radical (unpaired) electrons.